The van der Waals surface area contributed by atoms with Crippen LogP contribution in [-0.4, -0.2) is 10.9 Å². The van der Waals surface area contributed by atoms with E-state index in [0.29, 0.717) is 6.54 Å². The number of hydrogen-bond donors (Lipinski definition) is 1. The molecule has 0 aliphatic carbocycles. The first-order chi connectivity index (χ1) is 7.75. The fourth-order valence-electron chi connectivity index (χ4n) is 1.45. The molecule has 2 aromatic rings. The second-order valence-electron chi connectivity index (χ2n) is 3.46. The Balaban J connectivity index is 0.00000144. The van der Waals surface area contributed by atoms with Gasteiger partial charge in [0.1, 0.15) is 0 Å². The number of primary amides is 1. The van der Waals surface area contributed by atoms with E-state index in [-0.39, 0.29) is 22.7 Å². The van der Waals surface area contributed by atoms with Gasteiger partial charge in [0.15, 0.2) is 18.4 Å². The van der Waals surface area contributed by atoms with Crippen molar-refractivity contribution in [3.05, 3.63) is 60.2 Å². The molecule has 0 unspecified atom stereocenters. The maximum atomic E-state index is 11.0. The number of rotatable bonds is 3. The number of halogens is 1. The molecule has 4 nitrogen and oxygen atoms in total. The summed E-state index contributed by atoms with van der Waals surface area (Å²) >= 11 is 0. The van der Waals surface area contributed by atoms with Gasteiger partial charge in [0.2, 0.25) is 6.20 Å². The van der Waals surface area contributed by atoms with Crippen molar-refractivity contribution in [1.29, 1.82) is 0 Å². The molecule has 1 heterocycles. The number of aromatic nitrogens is 2. The molecule has 0 saturated heterocycles. The van der Waals surface area contributed by atoms with Crippen molar-refractivity contribution >= 4 is 5.91 Å². The maximum absolute atomic E-state index is 11.0. The SMILES string of the molecule is NC(=O)c1c[n+](Cc2ccccc2)ccn1.[Br-]. The number of hydrogen-bond acceptors (Lipinski definition) is 2. The lowest BCUT2D eigenvalue weighted by molar-refractivity contribution is -0.689. The molecule has 0 radical (unpaired) electrons. The standard InChI is InChI=1S/C12H11N3O.BrH/c13-12(16)11-9-15(7-6-14-11)8-10-4-2-1-3-5-10;/h1-7,9H,8H2,(H-,13,16);1H. The Bertz CT molecular complexity index is 502. The van der Waals surface area contributed by atoms with E-state index in [0.717, 1.165) is 5.56 Å². The predicted octanol–water partition coefficient (Wildman–Crippen LogP) is -2.48. The number of carbonyl (C=O) groups is 1. The Kier molecular flexibility index (Phi) is 4.78. The molecule has 0 spiro atoms. The number of nitrogens with zero attached hydrogens (tertiary/aromatic N) is 2. The molecule has 2 rings (SSSR count). The average Bonchev–Trinajstić information content (AvgIpc) is 2.30. The minimum atomic E-state index is -0.512. The van der Waals surface area contributed by atoms with Crippen molar-refractivity contribution in [3.63, 3.8) is 0 Å². The van der Waals surface area contributed by atoms with Gasteiger partial charge in [-0.1, -0.05) is 30.3 Å². The molecule has 5 heteroatoms. The van der Waals surface area contributed by atoms with Gasteiger partial charge in [0.25, 0.3) is 5.91 Å². The lowest BCUT2D eigenvalue weighted by Crippen LogP contribution is -3.00. The number of benzene rings is 1. The molecule has 2 N–H and O–H groups in total. The fourth-order valence-corrected chi connectivity index (χ4v) is 1.45. The third kappa shape index (κ3) is 3.64. The van der Waals surface area contributed by atoms with Crippen LogP contribution in [0.2, 0.25) is 0 Å². The summed E-state index contributed by atoms with van der Waals surface area (Å²) in [6, 6.07) is 9.97. The number of carbonyl (C=O) groups excluding carboxylic acids is 1. The summed E-state index contributed by atoms with van der Waals surface area (Å²) in [7, 11) is 0. The van der Waals surface area contributed by atoms with Crippen LogP contribution in [0.4, 0.5) is 0 Å². The van der Waals surface area contributed by atoms with Crippen LogP contribution in [0.15, 0.2) is 48.9 Å². The van der Waals surface area contributed by atoms with Crippen molar-refractivity contribution in [2.45, 2.75) is 6.54 Å². The molecule has 0 aliphatic rings. The van der Waals surface area contributed by atoms with E-state index in [1.54, 1.807) is 18.6 Å². The summed E-state index contributed by atoms with van der Waals surface area (Å²) in [5.41, 5.74) is 6.60. The molecule has 17 heavy (non-hydrogen) atoms. The highest BCUT2D eigenvalue weighted by molar-refractivity contribution is 5.90. The van der Waals surface area contributed by atoms with Gasteiger partial charge in [0, 0.05) is 5.56 Å². The van der Waals surface area contributed by atoms with Crippen LogP contribution in [0, 0.1) is 0 Å². The molecule has 88 valence electrons. The summed E-state index contributed by atoms with van der Waals surface area (Å²) in [6.07, 6.45) is 5.03. The Hall–Kier alpha value is -1.75. The van der Waals surface area contributed by atoms with Crippen molar-refractivity contribution in [2.24, 2.45) is 5.73 Å². The third-order valence-electron chi connectivity index (χ3n) is 2.22. The van der Waals surface area contributed by atoms with Crippen LogP contribution in [0.25, 0.3) is 0 Å². The summed E-state index contributed by atoms with van der Waals surface area (Å²) in [5, 5.41) is 0. The normalized spacial score (nSPS) is 9.41. The molecule has 0 fully saturated rings. The average molecular weight is 294 g/mol. The van der Waals surface area contributed by atoms with Crippen LogP contribution in [-0.2, 0) is 6.54 Å². The summed E-state index contributed by atoms with van der Waals surface area (Å²) in [5.74, 6) is -0.512. The lowest BCUT2D eigenvalue weighted by atomic mass is 10.2. The van der Waals surface area contributed by atoms with Crippen molar-refractivity contribution < 1.29 is 26.3 Å². The Labute approximate surface area is 110 Å². The van der Waals surface area contributed by atoms with Crippen molar-refractivity contribution in [3.8, 4) is 0 Å². The van der Waals surface area contributed by atoms with Gasteiger partial charge >= 0.3 is 0 Å². The number of nitrogens with two attached hydrogens (primary N) is 1. The number of amides is 1. The molecule has 0 atom stereocenters. The highest BCUT2D eigenvalue weighted by Gasteiger charge is 2.08. The van der Waals surface area contributed by atoms with E-state index < -0.39 is 5.91 Å². The van der Waals surface area contributed by atoms with Gasteiger partial charge in [-0.25, -0.2) is 4.98 Å². The second kappa shape index (κ2) is 6.10. The van der Waals surface area contributed by atoms with Gasteiger partial charge in [0.05, 0.1) is 6.20 Å². The molecule has 0 bridgehead atoms. The van der Waals surface area contributed by atoms with E-state index in [4.69, 9.17) is 5.73 Å². The van der Waals surface area contributed by atoms with Gasteiger partial charge in [-0.05, 0) is 0 Å². The molecular formula is C12H12BrN3O. The van der Waals surface area contributed by atoms with Crippen LogP contribution in [0.3, 0.4) is 0 Å². The monoisotopic (exact) mass is 293 g/mol. The second-order valence-corrected chi connectivity index (χ2v) is 3.46. The molecule has 0 saturated carbocycles. The van der Waals surface area contributed by atoms with Crippen LogP contribution in [0.5, 0.6) is 0 Å². The van der Waals surface area contributed by atoms with Crippen LogP contribution >= 0.6 is 0 Å². The highest BCUT2D eigenvalue weighted by atomic mass is 79.9. The fraction of sp³-hybridized carbons (Fsp3) is 0.0833. The zero-order valence-corrected chi connectivity index (χ0v) is 10.7. The first-order valence-corrected chi connectivity index (χ1v) is 4.94. The lowest BCUT2D eigenvalue weighted by Gasteiger charge is -1.98. The smallest absolute Gasteiger partial charge is 0.273 e. The quantitative estimate of drug-likeness (QED) is 0.637. The van der Waals surface area contributed by atoms with Gasteiger partial charge in [-0.2, -0.15) is 4.57 Å². The summed E-state index contributed by atoms with van der Waals surface area (Å²) < 4.78 is 1.88. The van der Waals surface area contributed by atoms with Crippen molar-refractivity contribution in [2.75, 3.05) is 0 Å². The zero-order chi connectivity index (χ0) is 11.4. The van der Waals surface area contributed by atoms with Crippen LogP contribution in [0.1, 0.15) is 16.1 Å². The van der Waals surface area contributed by atoms with Gasteiger partial charge in [-0.3, -0.25) is 4.79 Å². The summed E-state index contributed by atoms with van der Waals surface area (Å²) in [6.45, 7) is 0.698. The Morgan fingerprint density at radius 1 is 1.29 bits per heavy atom. The van der Waals surface area contributed by atoms with Crippen molar-refractivity contribution in [1.82, 2.24) is 4.98 Å². The van der Waals surface area contributed by atoms with E-state index in [1.165, 1.54) is 0 Å². The highest BCUT2D eigenvalue weighted by Crippen LogP contribution is 1.97. The van der Waals surface area contributed by atoms with Gasteiger partial charge in [-0.15, -0.1) is 0 Å². The first-order valence-electron chi connectivity index (χ1n) is 4.94. The van der Waals surface area contributed by atoms with E-state index in [1.807, 2.05) is 34.9 Å². The summed E-state index contributed by atoms with van der Waals surface area (Å²) in [4.78, 5) is 14.8. The van der Waals surface area contributed by atoms with E-state index >= 15 is 0 Å². The Morgan fingerprint density at radius 2 is 2.00 bits per heavy atom. The predicted molar refractivity (Wildman–Crippen MR) is 58.5 cm³/mol. The minimum absolute atomic E-state index is 0. The molecular weight excluding hydrogens is 282 g/mol. The topological polar surface area (TPSA) is 59.9 Å². The minimum Gasteiger partial charge on any atom is -1.00 e. The molecule has 1 aromatic heterocycles. The Morgan fingerprint density at radius 3 is 2.65 bits per heavy atom. The largest absolute Gasteiger partial charge is 1.00 e. The van der Waals surface area contributed by atoms with E-state index in [2.05, 4.69) is 4.98 Å². The molecule has 1 amide bonds. The van der Waals surface area contributed by atoms with E-state index in [9.17, 15) is 4.79 Å². The van der Waals surface area contributed by atoms with Gasteiger partial charge < -0.3 is 22.7 Å². The van der Waals surface area contributed by atoms with Crippen LogP contribution < -0.4 is 27.3 Å². The molecule has 1 aromatic carbocycles. The first kappa shape index (κ1) is 13.3. The third-order valence-corrected chi connectivity index (χ3v) is 2.22. The molecule has 0 aliphatic heterocycles. The zero-order valence-electron chi connectivity index (χ0n) is 9.08. The maximum Gasteiger partial charge on any atom is 0.273 e.